The molecule has 146 valence electrons. The molecule has 0 saturated carbocycles. The lowest BCUT2D eigenvalue weighted by Crippen LogP contribution is -2.29. The summed E-state index contributed by atoms with van der Waals surface area (Å²) >= 11 is 5.97. The molecular formula is C21H26Cl2N2O2. The number of hydrogen-bond donors (Lipinski definition) is 1. The number of hydrogen-bond acceptors (Lipinski definition) is 3. The number of nitrogens with zero attached hydrogens (tertiary/aromatic N) is 1. The Hall–Kier alpha value is -2.01. The van der Waals surface area contributed by atoms with Crippen LogP contribution in [0.2, 0.25) is 5.02 Å². The van der Waals surface area contributed by atoms with E-state index in [9.17, 15) is 4.79 Å². The molecule has 0 aliphatic heterocycles. The van der Waals surface area contributed by atoms with E-state index >= 15 is 0 Å². The van der Waals surface area contributed by atoms with Gasteiger partial charge in [0.05, 0.1) is 13.2 Å². The van der Waals surface area contributed by atoms with Crippen LogP contribution >= 0.6 is 24.0 Å². The number of methoxy groups -OCH3 is 1. The summed E-state index contributed by atoms with van der Waals surface area (Å²) in [5.74, 6) is 0.664. The van der Waals surface area contributed by atoms with Crippen molar-refractivity contribution in [3.8, 4) is 5.75 Å². The van der Waals surface area contributed by atoms with E-state index in [1.807, 2.05) is 62.6 Å². The third kappa shape index (κ3) is 8.04. The summed E-state index contributed by atoms with van der Waals surface area (Å²) in [7, 11) is 5.66. The van der Waals surface area contributed by atoms with E-state index in [1.165, 1.54) is 0 Å². The summed E-state index contributed by atoms with van der Waals surface area (Å²) in [6.07, 6.45) is 4.16. The molecule has 1 unspecified atom stereocenters. The van der Waals surface area contributed by atoms with Gasteiger partial charge in [0.15, 0.2) is 0 Å². The van der Waals surface area contributed by atoms with Crippen LogP contribution in [0.3, 0.4) is 0 Å². The van der Waals surface area contributed by atoms with Crippen LogP contribution in [-0.2, 0) is 4.79 Å². The van der Waals surface area contributed by atoms with Crippen molar-refractivity contribution < 1.29 is 9.53 Å². The Morgan fingerprint density at radius 1 is 1.15 bits per heavy atom. The molecule has 1 amide bonds. The van der Waals surface area contributed by atoms with Gasteiger partial charge in [0.25, 0.3) is 0 Å². The van der Waals surface area contributed by atoms with Gasteiger partial charge in [-0.25, -0.2) is 0 Å². The van der Waals surface area contributed by atoms with Gasteiger partial charge >= 0.3 is 0 Å². The second-order valence-electron chi connectivity index (χ2n) is 6.31. The molecule has 0 saturated heterocycles. The predicted molar refractivity (Wildman–Crippen MR) is 115 cm³/mol. The van der Waals surface area contributed by atoms with E-state index in [2.05, 4.69) is 10.2 Å². The number of ether oxygens (including phenoxy) is 1. The molecule has 0 radical (unpaired) electrons. The van der Waals surface area contributed by atoms with Crippen molar-refractivity contribution >= 4 is 36.0 Å². The van der Waals surface area contributed by atoms with Crippen LogP contribution in [0.4, 0.5) is 0 Å². The fourth-order valence-corrected chi connectivity index (χ4v) is 2.64. The van der Waals surface area contributed by atoms with E-state index in [4.69, 9.17) is 16.3 Å². The third-order valence-electron chi connectivity index (χ3n) is 4.00. The van der Waals surface area contributed by atoms with E-state index in [-0.39, 0.29) is 24.4 Å². The monoisotopic (exact) mass is 408 g/mol. The first-order valence-corrected chi connectivity index (χ1v) is 8.88. The normalized spacial score (nSPS) is 11.9. The molecule has 4 nitrogen and oxygen atoms in total. The average molecular weight is 409 g/mol. The van der Waals surface area contributed by atoms with Gasteiger partial charge in [0, 0.05) is 11.1 Å². The molecule has 27 heavy (non-hydrogen) atoms. The molecule has 6 heteroatoms. The van der Waals surface area contributed by atoms with Gasteiger partial charge in [0.1, 0.15) is 5.75 Å². The van der Waals surface area contributed by atoms with E-state index in [1.54, 1.807) is 19.3 Å². The number of rotatable bonds is 8. The Labute approximate surface area is 172 Å². The lowest BCUT2D eigenvalue weighted by atomic mass is 10.0. The summed E-state index contributed by atoms with van der Waals surface area (Å²) in [6.45, 7) is 0.871. The lowest BCUT2D eigenvalue weighted by molar-refractivity contribution is -0.117. The molecule has 1 atom stereocenters. The zero-order chi connectivity index (χ0) is 18.9. The first-order valence-electron chi connectivity index (χ1n) is 8.51. The Balaban J connectivity index is 0.00000364. The van der Waals surface area contributed by atoms with Gasteiger partial charge in [-0.05, 0) is 68.5 Å². The third-order valence-corrected chi connectivity index (χ3v) is 4.25. The summed E-state index contributed by atoms with van der Waals surface area (Å²) in [5.41, 5.74) is 1.99. The first kappa shape index (κ1) is 23.0. The van der Waals surface area contributed by atoms with Gasteiger partial charge in [0.2, 0.25) is 5.91 Å². The number of carbonyl (C=O) groups excluding carboxylic acids is 1. The molecule has 0 aliphatic carbocycles. The molecule has 0 fully saturated rings. The van der Waals surface area contributed by atoms with Crippen LogP contribution in [0.1, 0.15) is 23.6 Å². The highest BCUT2D eigenvalue weighted by atomic mass is 35.5. The Bertz CT molecular complexity index is 729. The molecule has 0 spiro atoms. The van der Waals surface area contributed by atoms with Crippen molar-refractivity contribution in [3.63, 3.8) is 0 Å². The molecule has 0 aliphatic rings. The quantitative estimate of drug-likeness (QED) is 0.649. The fourth-order valence-electron chi connectivity index (χ4n) is 2.51. The Morgan fingerprint density at radius 3 is 2.33 bits per heavy atom. The number of halogens is 2. The average Bonchev–Trinajstić information content (AvgIpc) is 2.64. The highest BCUT2D eigenvalue weighted by molar-refractivity contribution is 6.30. The van der Waals surface area contributed by atoms with E-state index in [0.29, 0.717) is 5.02 Å². The van der Waals surface area contributed by atoms with Crippen molar-refractivity contribution in [1.82, 2.24) is 10.2 Å². The van der Waals surface area contributed by atoms with Gasteiger partial charge < -0.3 is 15.0 Å². The molecule has 2 aromatic rings. The van der Waals surface area contributed by atoms with Crippen molar-refractivity contribution in [1.29, 1.82) is 0 Å². The Kier molecular flexibility index (Phi) is 9.94. The maximum atomic E-state index is 12.4. The lowest BCUT2D eigenvalue weighted by Gasteiger charge is -2.20. The van der Waals surface area contributed by atoms with Crippen molar-refractivity contribution in [2.45, 2.75) is 12.5 Å². The van der Waals surface area contributed by atoms with Gasteiger partial charge in [-0.15, -0.1) is 12.4 Å². The smallest absolute Gasteiger partial charge is 0.244 e. The zero-order valence-corrected chi connectivity index (χ0v) is 17.4. The van der Waals surface area contributed by atoms with Gasteiger partial charge in [-0.1, -0.05) is 35.9 Å². The van der Waals surface area contributed by atoms with Crippen molar-refractivity contribution in [2.75, 3.05) is 27.7 Å². The minimum Gasteiger partial charge on any atom is -0.497 e. The van der Waals surface area contributed by atoms with Crippen molar-refractivity contribution in [2.24, 2.45) is 0 Å². The van der Waals surface area contributed by atoms with E-state index < -0.39 is 0 Å². The number of benzene rings is 2. The highest BCUT2D eigenvalue weighted by Gasteiger charge is 2.13. The predicted octanol–water partition coefficient (Wildman–Crippen LogP) is 4.59. The summed E-state index contributed by atoms with van der Waals surface area (Å²) < 4.78 is 5.13. The Morgan fingerprint density at radius 2 is 1.78 bits per heavy atom. The minimum atomic E-state index is -0.125. The molecule has 1 N–H and O–H groups in total. The molecule has 2 rings (SSSR count). The molecule has 0 bridgehead atoms. The standard InChI is InChI=1S/C21H25ClN2O2.ClH/c1-24(2)15-14-20(17-7-9-18(22)10-8-17)23-21(25)13-6-16-4-11-19(26-3)12-5-16;/h4-13,20H,14-15H2,1-3H3,(H,23,25);1H. The molecular weight excluding hydrogens is 383 g/mol. The maximum absolute atomic E-state index is 12.4. The van der Waals surface area contributed by atoms with Crippen LogP contribution in [0.5, 0.6) is 5.75 Å². The van der Waals surface area contributed by atoms with E-state index in [0.717, 1.165) is 29.8 Å². The molecule has 0 aromatic heterocycles. The van der Waals surface area contributed by atoms with Crippen LogP contribution < -0.4 is 10.1 Å². The highest BCUT2D eigenvalue weighted by Crippen LogP contribution is 2.20. The molecule has 0 heterocycles. The minimum absolute atomic E-state index is 0. The SMILES string of the molecule is COc1ccc(C=CC(=O)NC(CCN(C)C)c2ccc(Cl)cc2)cc1.Cl. The summed E-state index contributed by atoms with van der Waals surface area (Å²) in [4.78, 5) is 14.5. The zero-order valence-electron chi connectivity index (χ0n) is 15.8. The van der Waals surface area contributed by atoms with Crippen LogP contribution in [-0.4, -0.2) is 38.6 Å². The molecule has 2 aromatic carbocycles. The van der Waals surface area contributed by atoms with Crippen LogP contribution in [0.15, 0.2) is 54.6 Å². The van der Waals surface area contributed by atoms with Crippen molar-refractivity contribution in [3.05, 3.63) is 70.8 Å². The largest absolute Gasteiger partial charge is 0.497 e. The summed E-state index contributed by atoms with van der Waals surface area (Å²) in [6, 6.07) is 15.1. The first-order chi connectivity index (χ1) is 12.5. The number of amides is 1. The van der Waals surface area contributed by atoms with Gasteiger partial charge in [-0.3, -0.25) is 4.79 Å². The second kappa shape index (κ2) is 11.7. The number of nitrogens with one attached hydrogen (secondary N) is 1. The number of carbonyl (C=O) groups is 1. The van der Waals surface area contributed by atoms with Gasteiger partial charge in [-0.2, -0.15) is 0 Å². The van der Waals surface area contributed by atoms with Crippen LogP contribution in [0, 0.1) is 0 Å². The summed E-state index contributed by atoms with van der Waals surface area (Å²) in [5, 5.41) is 3.77. The topological polar surface area (TPSA) is 41.6 Å². The van der Waals surface area contributed by atoms with Crippen LogP contribution in [0.25, 0.3) is 6.08 Å². The fraction of sp³-hybridized carbons (Fsp3) is 0.286. The maximum Gasteiger partial charge on any atom is 0.244 e. The second-order valence-corrected chi connectivity index (χ2v) is 6.75.